The molecule has 50 heavy (non-hydrogen) atoms. The highest BCUT2D eigenvalue weighted by Gasteiger charge is 2.31. The average molecular weight is 681 g/mol. The number of nitrogens with zero attached hydrogens (tertiary/aromatic N) is 2. The number of benzene rings is 4. The van der Waals surface area contributed by atoms with E-state index in [9.17, 15) is 19.5 Å². The highest BCUT2D eigenvalue weighted by molar-refractivity contribution is 6.05. The molecule has 10 heteroatoms. The number of carbonyl (C=O) groups is 3. The van der Waals surface area contributed by atoms with Crippen molar-refractivity contribution in [1.29, 1.82) is 0 Å². The van der Waals surface area contributed by atoms with Gasteiger partial charge in [-0.15, -0.1) is 0 Å². The summed E-state index contributed by atoms with van der Waals surface area (Å²) in [6.45, 7) is 6.53. The Labute approximate surface area is 294 Å². The van der Waals surface area contributed by atoms with Gasteiger partial charge in [-0.2, -0.15) is 0 Å². The lowest BCUT2D eigenvalue weighted by molar-refractivity contribution is -0.0115. The maximum absolute atomic E-state index is 14.4. The lowest BCUT2D eigenvalue weighted by atomic mass is 10.0. The third-order valence-corrected chi connectivity index (χ3v) is 9.18. The van der Waals surface area contributed by atoms with Gasteiger partial charge in [0.05, 0.1) is 36.1 Å². The number of fused-ring (bicyclic) bond motifs is 2. The Morgan fingerprint density at radius 3 is 2.48 bits per heavy atom. The summed E-state index contributed by atoms with van der Waals surface area (Å²) in [5, 5.41) is 18.2. The quantitative estimate of drug-likeness (QED) is 0.192. The van der Waals surface area contributed by atoms with Gasteiger partial charge in [0.15, 0.2) is 0 Å². The number of carbonyl (C=O) groups excluding carboxylic acids is 3. The van der Waals surface area contributed by atoms with Crippen molar-refractivity contribution < 1.29 is 29.0 Å². The Balaban J connectivity index is 1.38. The van der Waals surface area contributed by atoms with Gasteiger partial charge in [0.2, 0.25) is 0 Å². The van der Waals surface area contributed by atoms with E-state index in [0.29, 0.717) is 30.2 Å². The van der Waals surface area contributed by atoms with E-state index in [1.54, 1.807) is 66.2 Å². The summed E-state index contributed by atoms with van der Waals surface area (Å²) in [6.07, 6.45) is 1.81. The number of nitrogens with one attached hydrogen (secondary N) is 2. The van der Waals surface area contributed by atoms with Crippen molar-refractivity contribution in [3.63, 3.8) is 0 Å². The predicted molar refractivity (Wildman–Crippen MR) is 197 cm³/mol. The molecule has 4 amide bonds. The Hall–Kier alpha value is -4.93. The first-order valence-corrected chi connectivity index (χ1v) is 17.3. The smallest absolute Gasteiger partial charge is 0.321 e. The van der Waals surface area contributed by atoms with Gasteiger partial charge in [0.1, 0.15) is 5.75 Å². The number of hydrogen-bond acceptors (Lipinski definition) is 6. The molecular weight excluding hydrogens is 632 g/mol. The van der Waals surface area contributed by atoms with Gasteiger partial charge in [-0.05, 0) is 74.9 Å². The molecule has 1 aliphatic rings. The van der Waals surface area contributed by atoms with Gasteiger partial charge in [-0.25, -0.2) is 4.79 Å². The molecule has 3 N–H and O–H groups in total. The zero-order valence-corrected chi connectivity index (χ0v) is 29.3. The van der Waals surface area contributed by atoms with E-state index < -0.39 is 12.1 Å². The molecule has 4 atom stereocenters. The van der Waals surface area contributed by atoms with Crippen molar-refractivity contribution in [2.75, 3.05) is 44.0 Å². The summed E-state index contributed by atoms with van der Waals surface area (Å²) in [5.41, 5.74) is 1.96. The Morgan fingerprint density at radius 1 is 0.960 bits per heavy atom. The maximum Gasteiger partial charge on any atom is 0.321 e. The summed E-state index contributed by atoms with van der Waals surface area (Å²) in [7, 11) is 1.74. The number of likely N-dealkylation sites (N-methyl/N-ethyl adjacent to an activating group) is 1. The van der Waals surface area contributed by atoms with E-state index in [1.165, 1.54) is 0 Å². The largest absolute Gasteiger partial charge is 0.490 e. The molecule has 0 aliphatic carbocycles. The van der Waals surface area contributed by atoms with Crippen LogP contribution >= 0.6 is 0 Å². The van der Waals surface area contributed by atoms with Crippen molar-refractivity contribution >= 4 is 40.0 Å². The maximum atomic E-state index is 14.4. The van der Waals surface area contributed by atoms with Crippen LogP contribution in [0.4, 0.5) is 16.2 Å². The zero-order valence-electron chi connectivity index (χ0n) is 29.3. The molecule has 0 aromatic heterocycles. The van der Waals surface area contributed by atoms with Crippen LogP contribution in [0.1, 0.15) is 60.7 Å². The van der Waals surface area contributed by atoms with Crippen LogP contribution in [-0.2, 0) is 4.74 Å². The van der Waals surface area contributed by atoms with Crippen LogP contribution in [0.5, 0.6) is 5.75 Å². The minimum atomic E-state index is -0.529. The van der Waals surface area contributed by atoms with Crippen molar-refractivity contribution in [2.24, 2.45) is 5.92 Å². The summed E-state index contributed by atoms with van der Waals surface area (Å²) < 4.78 is 12.7. The monoisotopic (exact) mass is 680 g/mol. The van der Waals surface area contributed by atoms with Gasteiger partial charge in [0.25, 0.3) is 11.8 Å². The minimum absolute atomic E-state index is 0.184. The number of rotatable bonds is 7. The fourth-order valence-electron chi connectivity index (χ4n) is 6.15. The Kier molecular flexibility index (Phi) is 12.5. The first-order chi connectivity index (χ1) is 24.1. The van der Waals surface area contributed by atoms with Crippen LogP contribution in [0, 0.1) is 5.92 Å². The lowest BCUT2D eigenvalue weighted by Gasteiger charge is -2.35. The molecule has 5 rings (SSSR count). The minimum Gasteiger partial charge on any atom is -0.490 e. The summed E-state index contributed by atoms with van der Waals surface area (Å²) >= 11 is 0. The second kappa shape index (κ2) is 17.1. The second-order valence-corrected chi connectivity index (χ2v) is 13.2. The molecule has 0 spiro atoms. The third-order valence-electron chi connectivity index (χ3n) is 9.18. The van der Waals surface area contributed by atoms with E-state index in [2.05, 4.69) is 10.6 Å². The highest BCUT2D eigenvalue weighted by atomic mass is 16.5. The first kappa shape index (κ1) is 36.4. The molecule has 0 radical (unpaired) electrons. The standard InChI is InChI=1S/C40H48N4O6/c1-27-24-44(28(2)26-45)39(47)34-23-32(41-38(46)31-15-6-5-7-16-31)20-21-36(34)50-29(3)13-10-11-22-49-37(27)25-43(4)40(48)42-35-19-12-17-30-14-8-9-18-33(30)35/h5-9,12,14-21,23,27-29,37,45H,10-11,13,22,24-26H2,1-4H3,(H,41,46)(H,42,48)/t27-,28+,29-,37-/m0/s1. The predicted octanol–water partition coefficient (Wildman–Crippen LogP) is 7.05. The van der Waals surface area contributed by atoms with Crippen LogP contribution in [0.3, 0.4) is 0 Å². The van der Waals surface area contributed by atoms with E-state index in [4.69, 9.17) is 9.47 Å². The first-order valence-electron chi connectivity index (χ1n) is 17.3. The summed E-state index contributed by atoms with van der Waals surface area (Å²) in [6, 6.07) is 26.9. The van der Waals surface area contributed by atoms with E-state index in [-0.39, 0.29) is 48.6 Å². The van der Waals surface area contributed by atoms with E-state index >= 15 is 0 Å². The number of amides is 4. The fourth-order valence-corrected chi connectivity index (χ4v) is 6.15. The number of urea groups is 1. The highest BCUT2D eigenvalue weighted by Crippen LogP contribution is 2.29. The van der Waals surface area contributed by atoms with Crippen molar-refractivity contribution in [3.05, 3.63) is 102 Å². The molecule has 0 unspecified atom stereocenters. The normalized spacial score (nSPS) is 19.4. The van der Waals surface area contributed by atoms with Gasteiger partial charge in [0, 0.05) is 49.3 Å². The van der Waals surface area contributed by atoms with Crippen LogP contribution < -0.4 is 15.4 Å². The average Bonchev–Trinajstić information content (AvgIpc) is 3.13. The molecule has 0 saturated heterocycles. The summed E-state index contributed by atoms with van der Waals surface area (Å²) in [4.78, 5) is 44.1. The van der Waals surface area contributed by atoms with Crippen molar-refractivity contribution in [1.82, 2.24) is 9.80 Å². The topological polar surface area (TPSA) is 120 Å². The molecule has 1 aliphatic heterocycles. The lowest BCUT2D eigenvalue weighted by Crippen LogP contribution is -2.48. The third kappa shape index (κ3) is 9.19. The van der Waals surface area contributed by atoms with Crippen molar-refractivity contribution in [2.45, 2.75) is 58.3 Å². The molecule has 0 bridgehead atoms. The van der Waals surface area contributed by atoms with Crippen LogP contribution in [-0.4, -0.2) is 84.4 Å². The Morgan fingerprint density at radius 2 is 1.70 bits per heavy atom. The van der Waals surface area contributed by atoms with Gasteiger partial charge < -0.3 is 35.0 Å². The van der Waals surface area contributed by atoms with Crippen LogP contribution in [0.2, 0.25) is 0 Å². The molecule has 4 aromatic rings. The SMILES string of the molecule is C[C@H](CO)N1C[C@H](C)[C@H](CN(C)C(=O)Nc2cccc3ccccc23)OCCCC[C@H](C)Oc2ccc(NC(=O)c3ccccc3)cc2C1=O. The number of hydrogen-bond donors (Lipinski definition) is 3. The fraction of sp³-hybridized carbons (Fsp3) is 0.375. The van der Waals surface area contributed by atoms with E-state index in [1.807, 2.05) is 62.4 Å². The molecule has 10 nitrogen and oxygen atoms in total. The second-order valence-electron chi connectivity index (χ2n) is 13.2. The molecular formula is C40H48N4O6. The van der Waals surface area contributed by atoms with Crippen molar-refractivity contribution in [3.8, 4) is 5.75 Å². The molecule has 0 fully saturated rings. The molecule has 4 aromatic carbocycles. The van der Waals surface area contributed by atoms with Gasteiger partial charge in [-0.1, -0.05) is 61.5 Å². The van der Waals surface area contributed by atoms with Crippen LogP contribution in [0.25, 0.3) is 10.8 Å². The molecule has 264 valence electrons. The Bertz CT molecular complexity index is 1760. The molecule has 1 heterocycles. The van der Waals surface area contributed by atoms with E-state index in [0.717, 1.165) is 35.7 Å². The number of aliphatic hydroxyl groups excluding tert-OH is 1. The number of aliphatic hydroxyl groups is 1. The molecule has 0 saturated carbocycles. The number of ether oxygens (including phenoxy) is 2. The van der Waals surface area contributed by atoms with Gasteiger partial charge in [-0.3, -0.25) is 9.59 Å². The number of anilines is 2. The van der Waals surface area contributed by atoms with Crippen LogP contribution in [0.15, 0.2) is 91.0 Å². The summed E-state index contributed by atoms with van der Waals surface area (Å²) in [5.74, 6) is -0.434. The zero-order chi connectivity index (χ0) is 35.6. The van der Waals surface area contributed by atoms with Gasteiger partial charge >= 0.3 is 6.03 Å².